The predicted octanol–water partition coefficient (Wildman–Crippen LogP) is 3.65. The van der Waals surface area contributed by atoms with Crippen LogP contribution in [0.4, 0.5) is 5.13 Å². The number of aromatic nitrogens is 1. The van der Waals surface area contributed by atoms with E-state index in [1.165, 1.54) is 39.9 Å². The standard InChI is InChI=1S/C24H27N3O6S3/c1-3-33-19-6-4-17(5-7-19)22-16-34-24(25-22)26-23(28)18-12-14-27(15-13-18)36(31,32)21-10-8-20(9-11-21)35(2,29)30/h4-11,16,18H,3,12-15H2,1-2H3,(H,25,26,28). The molecule has 0 aliphatic carbocycles. The van der Waals surface area contributed by atoms with Gasteiger partial charge in [-0.1, -0.05) is 0 Å². The summed E-state index contributed by atoms with van der Waals surface area (Å²) in [7, 11) is -7.19. The topological polar surface area (TPSA) is 123 Å². The molecule has 1 aliphatic heterocycles. The van der Waals surface area contributed by atoms with Crippen LogP contribution >= 0.6 is 11.3 Å². The van der Waals surface area contributed by atoms with Crippen molar-refractivity contribution in [3.63, 3.8) is 0 Å². The van der Waals surface area contributed by atoms with Gasteiger partial charge < -0.3 is 10.1 Å². The van der Waals surface area contributed by atoms with Crippen molar-refractivity contribution in [1.82, 2.24) is 9.29 Å². The van der Waals surface area contributed by atoms with Crippen molar-refractivity contribution in [3.05, 3.63) is 53.9 Å². The maximum Gasteiger partial charge on any atom is 0.243 e. The molecule has 0 unspecified atom stereocenters. The summed E-state index contributed by atoms with van der Waals surface area (Å²) >= 11 is 1.33. The highest BCUT2D eigenvalue weighted by Gasteiger charge is 2.32. The number of amides is 1. The predicted molar refractivity (Wildman–Crippen MR) is 138 cm³/mol. The molecule has 3 aromatic rings. The van der Waals surface area contributed by atoms with Gasteiger partial charge in [0.1, 0.15) is 5.75 Å². The zero-order valence-electron chi connectivity index (χ0n) is 19.9. The van der Waals surface area contributed by atoms with E-state index in [1.807, 2.05) is 36.6 Å². The average molecular weight is 550 g/mol. The van der Waals surface area contributed by atoms with E-state index in [-0.39, 0.29) is 34.7 Å². The number of piperidine rings is 1. The summed E-state index contributed by atoms with van der Waals surface area (Å²) in [4.78, 5) is 17.4. The Bertz CT molecular complexity index is 1420. The third kappa shape index (κ3) is 5.94. The molecule has 36 heavy (non-hydrogen) atoms. The maximum atomic E-state index is 13.0. The summed E-state index contributed by atoms with van der Waals surface area (Å²) in [5.74, 6) is 0.267. The van der Waals surface area contributed by atoms with E-state index in [0.29, 0.717) is 24.6 Å². The van der Waals surface area contributed by atoms with Crippen LogP contribution in [0.3, 0.4) is 0 Å². The number of nitrogens with one attached hydrogen (secondary N) is 1. The SMILES string of the molecule is CCOc1ccc(-c2csc(NC(=O)C3CCN(S(=O)(=O)c4ccc(S(C)(=O)=O)cc4)CC3)n2)cc1. The highest BCUT2D eigenvalue weighted by Crippen LogP contribution is 2.29. The van der Waals surface area contributed by atoms with Crippen LogP contribution in [0.15, 0.2) is 63.7 Å². The summed E-state index contributed by atoms with van der Waals surface area (Å²) in [6, 6.07) is 12.8. The molecule has 0 spiro atoms. The highest BCUT2D eigenvalue weighted by atomic mass is 32.2. The van der Waals surface area contributed by atoms with Gasteiger partial charge in [-0.15, -0.1) is 11.3 Å². The number of benzene rings is 2. The van der Waals surface area contributed by atoms with Gasteiger partial charge in [0, 0.05) is 36.2 Å². The molecule has 1 fully saturated rings. The molecular formula is C24H27N3O6S3. The summed E-state index contributed by atoms with van der Waals surface area (Å²) < 4.78 is 56.0. The molecule has 192 valence electrons. The summed E-state index contributed by atoms with van der Waals surface area (Å²) in [5, 5.41) is 5.22. The number of nitrogens with zero attached hydrogens (tertiary/aromatic N) is 2. The first-order valence-electron chi connectivity index (χ1n) is 11.4. The Kier molecular flexibility index (Phi) is 7.79. The molecule has 2 aromatic carbocycles. The Labute approximate surface area is 215 Å². The second-order valence-electron chi connectivity index (χ2n) is 8.41. The number of rotatable bonds is 8. The molecule has 1 aliphatic rings. The third-order valence-electron chi connectivity index (χ3n) is 5.91. The van der Waals surface area contributed by atoms with Crippen LogP contribution in [0.1, 0.15) is 19.8 Å². The van der Waals surface area contributed by atoms with Crippen molar-refractivity contribution < 1.29 is 26.4 Å². The molecular weight excluding hydrogens is 522 g/mol. The van der Waals surface area contributed by atoms with E-state index in [0.717, 1.165) is 23.3 Å². The van der Waals surface area contributed by atoms with E-state index in [2.05, 4.69) is 10.3 Å². The van der Waals surface area contributed by atoms with Gasteiger partial charge in [0.2, 0.25) is 15.9 Å². The number of thiazole rings is 1. The Morgan fingerprint density at radius 1 is 1.03 bits per heavy atom. The van der Waals surface area contributed by atoms with Crippen LogP contribution in [0.2, 0.25) is 0 Å². The van der Waals surface area contributed by atoms with Gasteiger partial charge >= 0.3 is 0 Å². The molecule has 4 rings (SSSR count). The van der Waals surface area contributed by atoms with Crippen molar-refractivity contribution in [2.75, 3.05) is 31.3 Å². The molecule has 1 aromatic heterocycles. The molecule has 0 bridgehead atoms. The molecule has 2 heterocycles. The molecule has 0 atom stereocenters. The van der Waals surface area contributed by atoms with Crippen molar-refractivity contribution in [1.29, 1.82) is 0 Å². The molecule has 1 amide bonds. The summed E-state index contributed by atoms with van der Waals surface area (Å²) in [5.41, 5.74) is 1.67. The molecule has 0 radical (unpaired) electrons. The fourth-order valence-electron chi connectivity index (χ4n) is 3.93. The van der Waals surface area contributed by atoms with E-state index in [4.69, 9.17) is 4.74 Å². The van der Waals surface area contributed by atoms with Crippen LogP contribution < -0.4 is 10.1 Å². The van der Waals surface area contributed by atoms with Crippen LogP contribution in [0.25, 0.3) is 11.3 Å². The van der Waals surface area contributed by atoms with Crippen LogP contribution in [-0.4, -0.2) is 58.0 Å². The second-order valence-corrected chi connectivity index (χ2v) is 13.2. The zero-order chi connectivity index (χ0) is 25.9. The molecule has 1 saturated heterocycles. The first-order chi connectivity index (χ1) is 17.1. The van der Waals surface area contributed by atoms with Gasteiger partial charge in [-0.25, -0.2) is 21.8 Å². The first-order valence-corrected chi connectivity index (χ1v) is 15.6. The number of hydrogen-bond donors (Lipinski definition) is 1. The molecule has 1 N–H and O–H groups in total. The third-order valence-corrected chi connectivity index (χ3v) is 9.71. The minimum atomic E-state index is -3.78. The number of anilines is 1. The Morgan fingerprint density at radius 2 is 1.64 bits per heavy atom. The number of sulfone groups is 1. The van der Waals surface area contributed by atoms with E-state index in [1.54, 1.807) is 0 Å². The molecule has 9 nitrogen and oxygen atoms in total. The van der Waals surface area contributed by atoms with E-state index >= 15 is 0 Å². The van der Waals surface area contributed by atoms with E-state index < -0.39 is 19.9 Å². The van der Waals surface area contributed by atoms with Gasteiger partial charge in [0.15, 0.2) is 15.0 Å². The number of carbonyl (C=O) groups excluding carboxylic acids is 1. The van der Waals surface area contributed by atoms with Crippen molar-refractivity contribution >= 4 is 42.2 Å². The van der Waals surface area contributed by atoms with Crippen molar-refractivity contribution in [2.24, 2.45) is 5.92 Å². The minimum Gasteiger partial charge on any atom is -0.494 e. The zero-order valence-corrected chi connectivity index (χ0v) is 22.3. The van der Waals surface area contributed by atoms with Crippen LogP contribution in [-0.2, 0) is 24.7 Å². The van der Waals surface area contributed by atoms with Gasteiger partial charge in [-0.05, 0) is 68.3 Å². The smallest absolute Gasteiger partial charge is 0.243 e. The molecule has 0 saturated carbocycles. The maximum absolute atomic E-state index is 13.0. The lowest BCUT2D eigenvalue weighted by atomic mass is 9.97. The number of carbonyl (C=O) groups is 1. The Hall–Kier alpha value is -2.80. The summed E-state index contributed by atoms with van der Waals surface area (Å²) in [6.07, 6.45) is 1.83. The number of hydrogen-bond acceptors (Lipinski definition) is 8. The fraction of sp³-hybridized carbons (Fsp3) is 0.333. The molecule has 12 heteroatoms. The van der Waals surface area contributed by atoms with Gasteiger partial charge in [-0.3, -0.25) is 4.79 Å². The fourth-order valence-corrected chi connectivity index (χ4v) is 6.75. The lowest BCUT2D eigenvalue weighted by Crippen LogP contribution is -2.41. The van der Waals surface area contributed by atoms with Crippen molar-refractivity contribution in [2.45, 2.75) is 29.6 Å². The Morgan fingerprint density at radius 3 is 2.22 bits per heavy atom. The highest BCUT2D eigenvalue weighted by molar-refractivity contribution is 7.90. The quantitative estimate of drug-likeness (QED) is 0.455. The largest absolute Gasteiger partial charge is 0.494 e. The van der Waals surface area contributed by atoms with E-state index in [9.17, 15) is 21.6 Å². The number of ether oxygens (including phenoxy) is 1. The monoisotopic (exact) mass is 549 g/mol. The van der Waals surface area contributed by atoms with Crippen LogP contribution in [0.5, 0.6) is 5.75 Å². The normalized spacial score (nSPS) is 15.5. The van der Waals surface area contributed by atoms with Crippen molar-refractivity contribution in [3.8, 4) is 17.0 Å². The minimum absolute atomic E-state index is 0.0300. The van der Waals surface area contributed by atoms with Crippen LogP contribution in [0, 0.1) is 5.92 Å². The van der Waals surface area contributed by atoms with Gasteiger partial charge in [0.05, 0.1) is 22.1 Å². The summed E-state index contributed by atoms with van der Waals surface area (Å²) in [6.45, 7) is 2.91. The second kappa shape index (κ2) is 10.7. The Balaban J connectivity index is 1.34. The van der Waals surface area contributed by atoms with Gasteiger partial charge in [0.25, 0.3) is 0 Å². The lowest BCUT2D eigenvalue weighted by Gasteiger charge is -2.30. The lowest BCUT2D eigenvalue weighted by molar-refractivity contribution is -0.120. The number of sulfonamides is 1. The first kappa shape index (κ1) is 26.3. The van der Waals surface area contributed by atoms with Gasteiger partial charge in [-0.2, -0.15) is 4.31 Å². The average Bonchev–Trinajstić information content (AvgIpc) is 3.33.